The molecule has 104 valence electrons. The van der Waals surface area contributed by atoms with Crippen molar-refractivity contribution in [3.8, 4) is 0 Å². The third kappa shape index (κ3) is 4.44. The molecule has 0 amide bonds. The Bertz CT molecular complexity index is 447. The van der Waals surface area contributed by atoms with Gasteiger partial charge < -0.3 is 15.4 Å². The van der Waals surface area contributed by atoms with E-state index >= 15 is 0 Å². The molecule has 1 aliphatic rings. The van der Waals surface area contributed by atoms with E-state index in [-0.39, 0.29) is 5.82 Å². The number of anilines is 1. The van der Waals surface area contributed by atoms with Gasteiger partial charge in [0.2, 0.25) is 0 Å². The van der Waals surface area contributed by atoms with E-state index in [1.165, 1.54) is 6.07 Å². The zero-order valence-electron chi connectivity index (χ0n) is 11.0. The minimum Gasteiger partial charge on any atom is -0.378 e. The Morgan fingerprint density at radius 1 is 1.53 bits per heavy atom. The first-order valence-corrected chi connectivity index (χ1v) is 6.98. The minimum absolute atomic E-state index is 0.229. The molecule has 3 nitrogen and oxygen atoms in total. The number of halogens is 1. The van der Waals surface area contributed by atoms with Gasteiger partial charge in [-0.05, 0) is 56.1 Å². The maximum atomic E-state index is 13.4. The van der Waals surface area contributed by atoms with Crippen LogP contribution in [0.5, 0.6) is 0 Å². The third-order valence-corrected chi connectivity index (χ3v) is 3.45. The summed E-state index contributed by atoms with van der Waals surface area (Å²) in [5, 5.41) is 6.60. The lowest BCUT2D eigenvalue weighted by Crippen LogP contribution is -2.31. The van der Waals surface area contributed by atoms with Gasteiger partial charge in [0.25, 0.3) is 0 Å². The molecular formula is C14H19FN2OS. The molecule has 1 unspecified atom stereocenters. The molecule has 0 spiro atoms. The smallest absolute Gasteiger partial charge is 0.170 e. The van der Waals surface area contributed by atoms with Crippen LogP contribution in [0.25, 0.3) is 0 Å². The van der Waals surface area contributed by atoms with E-state index in [1.54, 1.807) is 13.0 Å². The summed E-state index contributed by atoms with van der Waals surface area (Å²) in [5.74, 6) is -0.229. The average molecular weight is 282 g/mol. The van der Waals surface area contributed by atoms with Gasteiger partial charge in [0.05, 0.1) is 6.10 Å². The molecule has 1 atom stereocenters. The van der Waals surface area contributed by atoms with Crippen LogP contribution in [0.3, 0.4) is 0 Å². The first-order valence-electron chi connectivity index (χ1n) is 6.58. The Balaban J connectivity index is 1.72. The summed E-state index contributed by atoms with van der Waals surface area (Å²) in [4.78, 5) is 0. The van der Waals surface area contributed by atoms with E-state index in [0.29, 0.717) is 22.5 Å². The zero-order chi connectivity index (χ0) is 13.7. The molecule has 0 saturated carbocycles. The van der Waals surface area contributed by atoms with Gasteiger partial charge in [0.1, 0.15) is 5.82 Å². The molecule has 2 N–H and O–H groups in total. The van der Waals surface area contributed by atoms with Gasteiger partial charge >= 0.3 is 0 Å². The molecule has 5 heteroatoms. The largest absolute Gasteiger partial charge is 0.378 e. The summed E-state index contributed by atoms with van der Waals surface area (Å²) in [5.41, 5.74) is 1.29. The van der Waals surface area contributed by atoms with Crippen LogP contribution < -0.4 is 10.6 Å². The number of ether oxygens (including phenoxy) is 1. The van der Waals surface area contributed by atoms with Gasteiger partial charge in [-0.25, -0.2) is 4.39 Å². The van der Waals surface area contributed by atoms with Crippen LogP contribution in [0.15, 0.2) is 18.2 Å². The summed E-state index contributed by atoms with van der Waals surface area (Å²) in [6.07, 6.45) is 3.58. The number of hydrogen-bond donors (Lipinski definition) is 2. The highest BCUT2D eigenvalue weighted by atomic mass is 32.1. The van der Waals surface area contributed by atoms with Crippen molar-refractivity contribution in [3.05, 3.63) is 29.6 Å². The standard InChI is InChI=1S/C14H19FN2OS/c1-10-4-5-11(9-13(10)15)17-14(19)16-7-6-12-3-2-8-18-12/h4-5,9,12H,2-3,6-8H2,1H3,(H2,16,17,19). The van der Waals surface area contributed by atoms with Gasteiger partial charge in [-0.15, -0.1) is 0 Å². The van der Waals surface area contributed by atoms with Crippen molar-refractivity contribution in [1.82, 2.24) is 5.32 Å². The van der Waals surface area contributed by atoms with Crippen molar-refractivity contribution < 1.29 is 9.13 Å². The third-order valence-electron chi connectivity index (χ3n) is 3.21. The van der Waals surface area contributed by atoms with Crippen LogP contribution in [0.1, 0.15) is 24.8 Å². The molecule has 2 rings (SSSR count). The molecular weight excluding hydrogens is 263 g/mol. The van der Waals surface area contributed by atoms with E-state index in [9.17, 15) is 4.39 Å². The van der Waals surface area contributed by atoms with Crippen LogP contribution in [0.2, 0.25) is 0 Å². The van der Waals surface area contributed by atoms with E-state index < -0.39 is 0 Å². The van der Waals surface area contributed by atoms with Crippen molar-refractivity contribution in [2.75, 3.05) is 18.5 Å². The van der Waals surface area contributed by atoms with Crippen molar-refractivity contribution >= 4 is 23.0 Å². The number of hydrogen-bond acceptors (Lipinski definition) is 2. The first-order chi connectivity index (χ1) is 9.15. The predicted molar refractivity (Wildman–Crippen MR) is 79.0 cm³/mol. The average Bonchev–Trinajstić information content (AvgIpc) is 2.87. The summed E-state index contributed by atoms with van der Waals surface area (Å²) >= 11 is 5.17. The molecule has 0 radical (unpaired) electrons. The normalized spacial score (nSPS) is 18.3. The molecule has 1 aliphatic heterocycles. The highest BCUT2D eigenvalue weighted by Gasteiger charge is 2.14. The van der Waals surface area contributed by atoms with Gasteiger partial charge in [-0.2, -0.15) is 0 Å². The minimum atomic E-state index is -0.229. The van der Waals surface area contributed by atoms with Gasteiger partial charge in [0, 0.05) is 18.8 Å². The molecule has 19 heavy (non-hydrogen) atoms. The first kappa shape index (κ1) is 14.2. The quantitative estimate of drug-likeness (QED) is 0.832. The number of nitrogens with one attached hydrogen (secondary N) is 2. The Morgan fingerprint density at radius 3 is 3.05 bits per heavy atom. The number of benzene rings is 1. The predicted octanol–water partition coefficient (Wildman–Crippen LogP) is 2.99. The highest BCUT2D eigenvalue weighted by Crippen LogP contribution is 2.15. The summed E-state index contributed by atoms with van der Waals surface area (Å²) in [6.45, 7) is 3.37. The zero-order valence-corrected chi connectivity index (χ0v) is 11.9. The maximum Gasteiger partial charge on any atom is 0.170 e. The number of aryl methyl sites for hydroxylation is 1. The Hall–Kier alpha value is -1.20. The Morgan fingerprint density at radius 2 is 2.37 bits per heavy atom. The van der Waals surface area contributed by atoms with Gasteiger partial charge in [-0.1, -0.05) is 6.07 Å². The van der Waals surface area contributed by atoms with Gasteiger partial charge in [0.15, 0.2) is 5.11 Å². The SMILES string of the molecule is Cc1ccc(NC(=S)NCCC2CCCO2)cc1F. The molecule has 1 heterocycles. The van der Waals surface area contributed by atoms with Crippen LogP contribution in [0.4, 0.5) is 10.1 Å². The van der Waals surface area contributed by atoms with Crippen molar-refractivity contribution in [2.24, 2.45) is 0 Å². The summed E-state index contributed by atoms with van der Waals surface area (Å²) in [7, 11) is 0. The van der Waals surface area contributed by atoms with Crippen LogP contribution in [0, 0.1) is 12.7 Å². The molecule has 0 bridgehead atoms. The van der Waals surface area contributed by atoms with Crippen molar-refractivity contribution in [2.45, 2.75) is 32.3 Å². The Kier molecular flexibility index (Phi) is 5.10. The van der Waals surface area contributed by atoms with E-state index in [4.69, 9.17) is 17.0 Å². The number of rotatable bonds is 4. The van der Waals surface area contributed by atoms with Crippen LogP contribution in [-0.2, 0) is 4.74 Å². The summed E-state index contributed by atoms with van der Waals surface area (Å²) < 4.78 is 18.9. The number of thiocarbonyl (C=S) groups is 1. The lowest BCUT2D eigenvalue weighted by atomic mass is 10.2. The Labute approximate surface area is 118 Å². The fourth-order valence-electron chi connectivity index (χ4n) is 2.06. The second-order valence-electron chi connectivity index (χ2n) is 4.77. The summed E-state index contributed by atoms with van der Waals surface area (Å²) in [6, 6.07) is 4.99. The van der Waals surface area contributed by atoms with Gasteiger partial charge in [-0.3, -0.25) is 0 Å². The lowest BCUT2D eigenvalue weighted by molar-refractivity contribution is 0.105. The monoisotopic (exact) mass is 282 g/mol. The lowest BCUT2D eigenvalue weighted by Gasteiger charge is -2.13. The van der Waals surface area contributed by atoms with E-state index in [0.717, 1.165) is 32.4 Å². The maximum absolute atomic E-state index is 13.4. The molecule has 1 fully saturated rings. The van der Waals surface area contributed by atoms with Crippen LogP contribution in [-0.4, -0.2) is 24.4 Å². The molecule has 1 aromatic carbocycles. The molecule has 1 saturated heterocycles. The van der Waals surface area contributed by atoms with E-state index in [1.807, 2.05) is 6.07 Å². The molecule has 1 aromatic rings. The van der Waals surface area contributed by atoms with Crippen molar-refractivity contribution in [3.63, 3.8) is 0 Å². The second-order valence-corrected chi connectivity index (χ2v) is 5.18. The fraction of sp³-hybridized carbons (Fsp3) is 0.500. The van der Waals surface area contributed by atoms with Crippen molar-refractivity contribution in [1.29, 1.82) is 0 Å². The fourth-order valence-corrected chi connectivity index (χ4v) is 2.28. The van der Waals surface area contributed by atoms with E-state index in [2.05, 4.69) is 10.6 Å². The second kappa shape index (κ2) is 6.82. The topological polar surface area (TPSA) is 33.3 Å². The van der Waals surface area contributed by atoms with Crippen LogP contribution >= 0.6 is 12.2 Å². The molecule has 0 aliphatic carbocycles. The molecule has 0 aromatic heterocycles. The highest BCUT2D eigenvalue weighted by molar-refractivity contribution is 7.80.